The molecule has 4 nitrogen and oxygen atoms in total. The minimum absolute atomic E-state index is 0.0999. The molecule has 0 aliphatic heterocycles. The SMILES string of the molecule is CC(C)(C)C(=O)Cc1noc(-c2ccccc2)n1. The van der Waals surface area contributed by atoms with Crippen LogP contribution in [0.15, 0.2) is 34.9 Å². The van der Waals surface area contributed by atoms with Crippen LogP contribution in [-0.2, 0) is 11.2 Å². The van der Waals surface area contributed by atoms with Crippen molar-refractivity contribution in [2.24, 2.45) is 5.41 Å². The molecular formula is C14H16N2O2. The van der Waals surface area contributed by atoms with Crippen molar-refractivity contribution in [1.82, 2.24) is 10.1 Å². The van der Waals surface area contributed by atoms with E-state index in [2.05, 4.69) is 10.1 Å². The van der Waals surface area contributed by atoms with E-state index in [1.807, 2.05) is 51.1 Å². The standard InChI is InChI=1S/C14H16N2O2/c1-14(2,3)11(17)9-12-15-13(18-16-12)10-7-5-4-6-8-10/h4-8H,9H2,1-3H3. The molecule has 0 saturated carbocycles. The average Bonchev–Trinajstić information content (AvgIpc) is 2.77. The molecule has 0 N–H and O–H groups in total. The van der Waals surface area contributed by atoms with E-state index in [9.17, 15) is 4.79 Å². The quantitative estimate of drug-likeness (QED) is 0.833. The Bertz CT molecular complexity index is 538. The highest BCUT2D eigenvalue weighted by Crippen LogP contribution is 2.19. The maximum Gasteiger partial charge on any atom is 0.257 e. The highest BCUT2D eigenvalue weighted by atomic mass is 16.5. The van der Waals surface area contributed by atoms with Crippen LogP contribution in [0.25, 0.3) is 11.5 Å². The van der Waals surface area contributed by atoms with Crippen LogP contribution in [0.1, 0.15) is 26.6 Å². The van der Waals surface area contributed by atoms with Crippen LogP contribution < -0.4 is 0 Å². The highest BCUT2D eigenvalue weighted by molar-refractivity contribution is 5.85. The van der Waals surface area contributed by atoms with Crippen LogP contribution in [0, 0.1) is 5.41 Å². The number of ketones is 1. The van der Waals surface area contributed by atoms with E-state index < -0.39 is 0 Å². The number of nitrogens with zero attached hydrogens (tertiary/aromatic N) is 2. The minimum Gasteiger partial charge on any atom is -0.334 e. The molecule has 0 fully saturated rings. The number of carbonyl (C=O) groups is 1. The van der Waals surface area contributed by atoms with Gasteiger partial charge in [-0.3, -0.25) is 4.79 Å². The molecule has 0 aliphatic rings. The normalized spacial score (nSPS) is 11.5. The first-order valence-electron chi connectivity index (χ1n) is 5.88. The maximum absolute atomic E-state index is 11.9. The lowest BCUT2D eigenvalue weighted by atomic mass is 9.89. The molecule has 4 heteroatoms. The fraction of sp³-hybridized carbons (Fsp3) is 0.357. The third kappa shape index (κ3) is 2.83. The Labute approximate surface area is 106 Å². The average molecular weight is 244 g/mol. The van der Waals surface area contributed by atoms with Crippen molar-refractivity contribution in [3.8, 4) is 11.5 Å². The molecule has 1 aromatic heterocycles. The van der Waals surface area contributed by atoms with Crippen LogP contribution in [0.4, 0.5) is 0 Å². The van der Waals surface area contributed by atoms with Gasteiger partial charge >= 0.3 is 0 Å². The van der Waals surface area contributed by atoms with E-state index in [-0.39, 0.29) is 17.6 Å². The van der Waals surface area contributed by atoms with E-state index in [0.717, 1.165) is 5.56 Å². The van der Waals surface area contributed by atoms with Crippen LogP contribution >= 0.6 is 0 Å². The van der Waals surface area contributed by atoms with E-state index in [1.54, 1.807) is 0 Å². The molecule has 94 valence electrons. The minimum atomic E-state index is -0.381. The number of carbonyl (C=O) groups excluding carboxylic acids is 1. The van der Waals surface area contributed by atoms with Gasteiger partial charge in [-0.1, -0.05) is 44.1 Å². The van der Waals surface area contributed by atoms with Crippen LogP contribution in [0.5, 0.6) is 0 Å². The van der Waals surface area contributed by atoms with E-state index >= 15 is 0 Å². The first-order chi connectivity index (χ1) is 8.47. The Kier molecular flexibility index (Phi) is 3.28. The predicted molar refractivity (Wildman–Crippen MR) is 67.9 cm³/mol. The molecule has 0 aliphatic carbocycles. The molecule has 2 rings (SSSR count). The number of hydrogen-bond acceptors (Lipinski definition) is 4. The molecule has 0 saturated heterocycles. The summed E-state index contributed by atoms with van der Waals surface area (Å²) >= 11 is 0. The molecule has 0 atom stereocenters. The summed E-state index contributed by atoms with van der Waals surface area (Å²) in [4.78, 5) is 16.1. The third-order valence-electron chi connectivity index (χ3n) is 2.64. The molecule has 0 bridgehead atoms. The molecular weight excluding hydrogens is 228 g/mol. The summed E-state index contributed by atoms with van der Waals surface area (Å²) < 4.78 is 5.15. The van der Waals surface area contributed by atoms with E-state index in [0.29, 0.717) is 11.7 Å². The second-order valence-electron chi connectivity index (χ2n) is 5.23. The molecule has 0 spiro atoms. The summed E-state index contributed by atoms with van der Waals surface area (Å²) in [5.74, 6) is 0.990. The first-order valence-corrected chi connectivity index (χ1v) is 5.88. The summed E-state index contributed by atoms with van der Waals surface area (Å²) in [6.07, 6.45) is 0.208. The number of rotatable bonds is 3. The Balaban J connectivity index is 2.15. The zero-order valence-corrected chi connectivity index (χ0v) is 10.8. The van der Waals surface area contributed by atoms with Gasteiger partial charge in [0.1, 0.15) is 5.78 Å². The van der Waals surface area contributed by atoms with Crippen LogP contribution in [-0.4, -0.2) is 15.9 Å². The molecule has 1 heterocycles. The Morgan fingerprint density at radius 2 is 1.89 bits per heavy atom. The third-order valence-corrected chi connectivity index (χ3v) is 2.64. The fourth-order valence-corrected chi connectivity index (χ4v) is 1.43. The second-order valence-corrected chi connectivity index (χ2v) is 5.23. The summed E-state index contributed by atoms with van der Waals surface area (Å²) in [7, 11) is 0. The van der Waals surface area contributed by atoms with Gasteiger partial charge in [-0.2, -0.15) is 4.98 Å². The summed E-state index contributed by atoms with van der Waals surface area (Å²) in [5.41, 5.74) is 0.479. The number of hydrogen-bond donors (Lipinski definition) is 0. The maximum atomic E-state index is 11.9. The number of Topliss-reactive ketones (excluding diaryl/α,β-unsaturated/α-hetero) is 1. The van der Waals surface area contributed by atoms with Crippen molar-refractivity contribution < 1.29 is 9.32 Å². The summed E-state index contributed by atoms with van der Waals surface area (Å²) in [5, 5.41) is 3.84. The molecule has 0 radical (unpaired) electrons. The Morgan fingerprint density at radius 3 is 2.50 bits per heavy atom. The van der Waals surface area contributed by atoms with Crippen molar-refractivity contribution in [3.05, 3.63) is 36.2 Å². The number of benzene rings is 1. The lowest BCUT2D eigenvalue weighted by Gasteiger charge is -2.14. The van der Waals surface area contributed by atoms with Crippen molar-refractivity contribution in [3.63, 3.8) is 0 Å². The molecule has 1 aromatic carbocycles. The second kappa shape index (κ2) is 4.72. The summed E-state index contributed by atoms with van der Waals surface area (Å²) in [6, 6.07) is 9.51. The van der Waals surface area contributed by atoms with Crippen molar-refractivity contribution in [2.45, 2.75) is 27.2 Å². The highest BCUT2D eigenvalue weighted by Gasteiger charge is 2.23. The molecule has 18 heavy (non-hydrogen) atoms. The van der Waals surface area contributed by atoms with Gasteiger partial charge in [-0.15, -0.1) is 0 Å². The molecule has 2 aromatic rings. The predicted octanol–water partition coefficient (Wildman–Crippen LogP) is 2.89. The van der Waals surface area contributed by atoms with Gasteiger partial charge in [-0.05, 0) is 12.1 Å². The van der Waals surface area contributed by atoms with E-state index in [1.165, 1.54) is 0 Å². The van der Waals surface area contributed by atoms with Gasteiger partial charge in [0.2, 0.25) is 0 Å². The first kappa shape index (κ1) is 12.5. The molecule has 0 unspecified atom stereocenters. The van der Waals surface area contributed by atoms with Crippen LogP contribution in [0.2, 0.25) is 0 Å². The zero-order valence-electron chi connectivity index (χ0n) is 10.8. The lowest BCUT2D eigenvalue weighted by Crippen LogP contribution is -2.22. The van der Waals surface area contributed by atoms with Gasteiger partial charge in [0, 0.05) is 11.0 Å². The van der Waals surface area contributed by atoms with Gasteiger partial charge in [0.05, 0.1) is 6.42 Å². The zero-order chi connectivity index (χ0) is 13.2. The van der Waals surface area contributed by atoms with Gasteiger partial charge in [0.15, 0.2) is 5.82 Å². The van der Waals surface area contributed by atoms with E-state index in [4.69, 9.17) is 4.52 Å². The Morgan fingerprint density at radius 1 is 1.22 bits per heavy atom. The Hall–Kier alpha value is -1.97. The largest absolute Gasteiger partial charge is 0.334 e. The number of aromatic nitrogens is 2. The van der Waals surface area contributed by atoms with Crippen LogP contribution in [0.3, 0.4) is 0 Å². The molecule has 0 amide bonds. The fourth-order valence-electron chi connectivity index (χ4n) is 1.43. The van der Waals surface area contributed by atoms with Crippen molar-refractivity contribution >= 4 is 5.78 Å². The van der Waals surface area contributed by atoms with Gasteiger partial charge in [-0.25, -0.2) is 0 Å². The van der Waals surface area contributed by atoms with Crippen molar-refractivity contribution in [2.75, 3.05) is 0 Å². The van der Waals surface area contributed by atoms with Crippen molar-refractivity contribution in [1.29, 1.82) is 0 Å². The topological polar surface area (TPSA) is 56.0 Å². The lowest BCUT2D eigenvalue weighted by molar-refractivity contribution is -0.125. The smallest absolute Gasteiger partial charge is 0.257 e. The summed E-state index contributed by atoms with van der Waals surface area (Å²) in [6.45, 7) is 5.65. The van der Waals surface area contributed by atoms with Gasteiger partial charge < -0.3 is 4.52 Å². The monoisotopic (exact) mass is 244 g/mol. The van der Waals surface area contributed by atoms with Gasteiger partial charge in [0.25, 0.3) is 5.89 Å².